The van der Waals surface area contributed by atoms with Crippen molar-refractivity contribution in [1.29, 1.82) is 0 Å². The van der Waals surface area contributed by atoms with E-state index in [4.69, 9.17) is 0 Å². The van der Waals surface area contributed by atoms with E-state index in [1.807, 2.05) is 12.4 Å². The van der Waals surface area contributed by atoms with Gasteiger partial charge in [-0.2, -0.15) is 0 Å². The Morgan fingerprint density at radius 2 is 1.89 bits per heavy atom. The van der Waals surface area contributed by atoms with Gasteiger partial charge in [0.25, 0.3) is 0 Å². The van der Waals surface area contributed by atoms with Crippen molar-refractivity contribution in [2.24, 2.45) is 16.7 Å². The fourth-order valence-corrected chi connectivity index (χ4v) is 3.51. The molecule has 1 N–H and O–H groups in total. The summed E-state index contributed by atoms with van der Waals surface area (Å²) in [6, 6.07) is 2.54. The molecule has 100 valence electrons. The van der Waals surface area contributed by atoms with Crippen LogP contribution in [0.1, 0.15) is 51.8 Å². The maximum atomic E-state index is 4.31. The first-order valence-corrected chi connectivity index (χ1v) is 6.98. The second kappa shape index (κ2) is 4.34. The van der Waals surface area contributed by atoms with E-state index in [-0.39, 0.29) is 0 Å². The van der Waals surface area contributed by atoms with Gasteiger partial charge in [0.15, 0.2) is 0 Å². The molecule has 0 bridgehead atoms. The molecule has 0 aromatic carbocycles. The van der Waals surface area contributed by atoms with E-state index in [1.165, 1.54) is 11.1 Å². The lowest BCUT2D eigenvalue weighted by atomic mass is 9.94. The molecular weight excluding hydrogens is 220 g/mol. The van der Waals surface area contributed by atoms with Crippen LogP contribution in [0.25, 0.3) is 0 Å². The van der Waals surface area contributed by atoms with Crippen LogP contribution in [0.2, 0.25) is 0 Å². The molecule has 1 aromatic rings. The number of nitrogens with one attached hydrogen (secondary N) is 1. The molecule has 1 atom stereocenters. The summed E-state index contributed by atoms with van der Waals surface area (Å²) in [7, 11) is 0. The molecule has 0 radical (unpaired) electrons. The van der Waals surface area contributed by atoms with E-state index in [0.29, 0.717) is 22.8 Å². The Hall–Kier alpha value is -0.890. The summed E-state index contributed by atoms with van der Waals surface area (Å²) in [4.78, 5) is 4.31. The molecule has 2 nitrogen and oxygen atoms in total. The first-order chi connectivity index (χ1) is 8.34. The lowest BCUT2D eigenvalue weighted by Crippen LogP contribution is -2.26. The van der Waals surface area contributed by atoms with E-state index >= 15 is 0 Å². The SMILES string of the molecule is CCNC(c1cnccc1C)C1C(C)(C)C1(C)C. The van der Waals surface area contributed by atoms with Crippen LogP contribution in [0.4, 0.5) is 0 Å². The second-order valence-corrected chi connectivity index (χ2v) is 6.69. The van der Waals surface area contributed by atoms with Gasteiger partial charge in [-0.25, -0.2) is 0 Å². The van der Waals surface area contributed by atoms with E-state index in [0.717, 1.165) is 6.54 Å². The number of hydrogen-bond donors (Lipinski definition) is 1. The zero-order valence-corrected chi connectivity index (χ0v) is 12.5. The van der Waals surface area contributed by atoms with Gasteiger partial charge < -0.3 is 5.32 Å². The van der Waals surface area contributed by atoms with Crippen molar-refractivity contribution in [3.05, 3.63) is 29.6 Å². The number of nitrogens with zero attached hydrogens (tertiary/aromatic N) is 1. The minimum Gasteiger partial charge on any atom is -0.310 e. The van der Waals surface area contributed by atoms with Gasteiger partial charge in [0.05, 0.1) is 0 Å². The van der Waals surface area contributed by atoms with Gasteiger partial charge >= 0.3 is 0 Å². The van der Waals surface area contributed by atoms with Crippen molar-refractivity contribution in [3.8, 4) is 0 Å². The zero-order valence-electron chi connectivity index (χ0n) is 12.5. The van der Waals surface area contributed by atoms with Crippen LogP contribution < -0.4 is 5.32 Å². The first-order valence-electron chi connectivity index (χ1n) is 6.98. The Labute approximate surface area is 111 Å². The smallest absolute Gasteiger partial charge is 0.0377 e. The maximum absolute atomic E-state index is 4.31. The molecule has 1 fully saturated rings. The highest BCUT2D eigenvalue weighted by Gasteiger charge is 2.67. The average Bonchev–Trinajstić information content (AvgIpc) is 2.68. The van der Waals surface area contributed by atoms with E-state index < -0.39 is 0 Å². The summed E-state index contributed by atoms with van der Waals surface area (Å²) in [5, 5.41) is 3.67. The van der Waals surface area contributed by atoms with Crippen molar-refractivity contribution in [3.63, 3.8) is 0 Å². The van der Waals surface area contributed by atoms with Crippen LogP contribution in [0.3, 0.4) is 0 Å². The Morgan fingerprint density at radius 3 is 2.33 bits per heavy atom. The minimum atomic E-state index is 0.391. The van der Waals surface area contributed by atoms with Crippen LogP contribution in [0.5, 0.6) is 0 Å². The molecule has 1 aliphatic carbocycles. The van der Waals surface area contributed by atoms with Crippen LogP contribution in [0, 0.1) is 23.7 Å². The predicted octanol–water partition coefficient (Wildman–Crippen LogP) is 3.72. The monoisotopic (exact) mass is 246 g/mol. The molecule has 0 amide bonds. The van der Waals surface area contributed by atoms with Gasteiger partial charge in [-0.1, -0.05) is 34.6 Å². The number of rotatable bonds is 4. The highest BCUT2D eigenvalue weighted by atomic mass is 15.0. The first kappa shape index (κ1) is 13.5. The molecular formula is C16H26N2. The largest absolute Gasteiger partial charge is 0.310 e. The van der Waals surface area contributed by atoms with Crippen molar-refractivity contribution in [2.75, 3.05) is 6.54 Å². The van der Waals surface area contributed by atoms with Crippen molar-refractivity contribution in [1.82, 2.24) is 10.3 Å². The van der Waals surface area contributed by atoms with E-state index in [2.05, 4.69) is 57.9 Å². The molecule has 0 aliphatic heterocycles. The van der Waals surface area contributed by atoms with Crippen LogP contribution in [-0.4, -0.2) is 11.5 Å². The molecule has 2 rings (SSSR count). The summed E-state index contributed by atoms with van der Waals surface area (Å²) >= 11 is 0. The number of pyridine rings is 1. The topological polar surface area (TPSA) is 24.9 Å². The standard InChI is InChI=1S/C16H26N2/c1-7-18-13(12-10-17-9-8-11(12)2)14-15(3,4)16(14,5)6/h8-10,13-14,18H,7H2,1-6H3. The van der Waals surface area contributed by atoms with Gasteiger partial charge in [-0.15, -0.1) is 0 Å². The second-order valence-electron chi connectivity index (χ2n) is 6.69. The average molecular weight is 246 g/mol. The van der Waals surface area contributed by atoms with Crippen molar-refractivity contribution in [2.45, 2.75) is 47.6 Å². The third-order valence-electron chi connectivity index (χ3n) is 5.30. The number of aryl methyl sites for hydroxylation is 1. The van der Waals surface area contributed by atoms with E-state index in [9.17, 15) is 0 Å². The fraction of sp³-hybridized carbons (Fsp3) is 0.688. The lowest BCUT2D eigenvalue weighted by molar-refractivity contribution is 0.416. The maximum Gasteiger partial charge on any atom is 0.0377 e. The third-order valence-corrected chi connectivity index (χ3v) is 5.30. The minimum absolute atomic E-state index is 0.391. The summed E-state index contributed by atoms with van der Waals surface area (Å²) in [5.74, 6) is 0.674. The fourth-order valence-electron chi connectivity index (χ4n) is 3.51. The Balaban J connectivity index is 2.35. The quantitative estimate of drug-likeness (QED) is 0.875. The van der Waals surface area contributed by atoms with E-state index in [1.54, 1.807) is 0 Å². The molecule has 1 aromatic heterocycles. The summed E-state index contributed by atoms with van der Waals surface area (Å²) in [6.45, 7) is 14.9. The predicted molar refractivity (Wildman–Crippen MR) is 76.4 cm³/mol. The van der Waals surface area contributed by atoms with Crippen molar-refractivity contribution >= 4 is 0 Å². The number of aromatic nitrogens is 1. The molecule has 2 heteroatoms. The molecule has 0 saturated heterocycles. The Morgan fingerprint density at radius 1 is 1.28 bits per heavy atom. The molecule has 0 spiro atoms. The molecule has 1 saturated carbocycles. The highest BCUT2D eigenvalue weighted by molar-refractivity contribution is 5.31. The van der Waals surface area contributed by atoms with Gasteiger partial charge in [0, 0.05) is 18.4 Å². The van der Waals surface area contributed by atoms with Crippen LogP contribution in [0.15, 0.2) is 18.5 Å². The normalized spacial score (nSPS) is 22.8. The van der Waals surface area contributed by atoms with Gasteiger partial charge in [0.2, 0.25) is 0 Å². The van der Waals surface area contributed by atoms with Gasteiger partial charge in [-0.05, 0) is 47.4 Å². The molecule has 18 heavy (non-hydrogen) atoms. The van der Waals surface area contributed by atoms with Gasteiger partial charge in [0.1, 0.15) is 0 Å². The summed E-state index contributed by atoms with van der Waals surface area (Å²) in [6.07, 6.45) is 3.91. The molecule has 1 heterocycles. The molecule has 1 unspecified atom stereocenters. The Kier molecular flexibility index (Phi) is 3.26. The number of hydrogen-bond acceptors (Lipinski definition) is 2. The third kappa shape index (κ3) is 1.87. The zero-order chi connectivity index (χ0) is 13.6. The van der Waals surface area contributed by atoms with Crippen LogP contribution >= 0.6 is 0 Å². The Bertz CT molecular complexity index is 420. The lowest BCUT2D eigenvalue weighted by Gasteiger charge is -2.22. The summed E-state index contributed by atoms with van der Waals surface area (Å²) in [5.41, 5.74) is 3.49. The van der Waals surface area contributed by atoms with Crippen molar-refractivity contribution < 1.29 is 0 Å². The van der Waals surface area contributed by atoms with Crippen LogP contribution in [-0.2, 0) is 0 Å². The molecule has 1 aliphatic rings. The highest BCUT2D eigenvalue weighted by Crippen LogP contribution is 2.72. The van der Waals surface area contributed by atoms with Gasteiger partial charge in [-0.3, -0.25) is 4.98 Å². The summed E-state index contributed by atoms with van der Waals surface area (Å²) < 4.78 is 0.